The van der Waals surface area contributed by atoms with Crippen molar-refractivity contribution in [3.63, 3.8) is 0 Å². The molecule has 1 aliphatic rings. The van der Waals surface area contributed by atoms with Gasteiger partial charge in [-0.15, -0.1) is 0 Å². The van der Waals surface area contributed by atoms with Gasteiger partial charge in [-0.3, -0.25) is 14.6 Å². The van der Waals surface area contributed by atoms with Gasteiger partial charge in [0, 0.05) is 31.4 Å². The average Bonchev–Trinajstić information content (AvgIpc) is 3.38. The van der Waals surface area contributed by atoms with Gasteiger partial charge in [-0.2, -0.15) is 5.10 Å². The molecule has 0 saturated carbocycles. The molecule has 1 atom stereocenters. The highest BCUT2D eigenvalue weighted by Gasteiger charge is 2.27. The molecule has 1 aromatic carbocycles. The molecule has 3 heterocycles. The molecule has 2 aromatic heterocycles. The predicted octanol–water partition coefficient (Wildman–Crippen LogP) is 2.19. The van der Waals surface area contributed by atoms with E-state index < -0.39 is 0 Å². The third-order valence-electron chi connectivity index (χ3n) is 4.74. The average molecular weight is 375 g/mol. The largest absolute Gasteiger partial charge is 0.352 e. The van der Waals surface area contributed by atoms with Crippen molar-refractivity contribution in [2.75, 3.05) is 6.54 Å². The van der Waals surface area contributed by atoms with Crippen molar-refractivity contribution in [3.8, 4) is 5.69 Å². The molecule has 1 aliphatic heterocycles. The fraction of sp³-hybridized carbons (Fsp3) is 0.238. The predicted molar refractivity (Wildman–Crippen MR) is 104 cm³/mol. The van der Waals surface area contributed by atoms with Crippen molar-refractivity contribution in [2.45, 2.75) is 25.4 Å². The molecule has 0 spiro atoms. The summed E-state index contributed by atoms with van der Waals surface area (Å²) in [4.78, 5) is 30.8. The van der Waals surface area contributed by atoms with Crippen LogP contribution in [0.4, 0.5) is 0 Å². The standard InChI is InChI=1S/C21H21N5O2/c27-20-10-9-18(24-20)15-25(14-17-6-4-5-11-22-17)21(28)16-12-23-26(13-16)19-7-2-1-3-8-19/h1-8,11-13,18H,9-10,14-15H2,(H,24,27)/t18-/m0/s1. The third-order valence-corrected chi connectivity index (χ3v) is 4.74. The molecule has 1 N–H and O–H groups in total. The van der Waals surface area contributed by atoms with E-state index in [0.29, 0.717) is 25.1 Å². The molecule has 1 saturated heterocycles. The molecule has 142 valence electrons. The molecule has 0 aliphatic carbocycles. The van der Waals surface area contributed by atoms with E-state index in [1.165, 1.54) is 0 Å². The Labute approximate surface area is 163 Å². The Balaban J connectivity index is 1.55. The zero-order valence-corrected chi connectivity index (χ0v) is 15.4. The number of rotatable bonds is 6. The molecule has 7 nitrogen and oxygen atoms in total. The fourth-order valence-electron chi connectivity index (χ4n) is 3.32. The Morgan fingerprint density at radius 3 is 2.71 bits per heavy atom. The highest BCUT2D eigenvalue weighted by molar-refractivity contribution is 5.94. The number of benzene rings is 1. The summed E-state index contributed by atoms with van der Waals surface area (Å²) in [6.45, 7) is 0.820. The second-order valence-corrected chi connectivity index (χ2v) is 6.82. The van der Waals surface area contributed by atoms with E-state index in [9.17, 15) is 9.59 Å². The smallest absolute Gasteiger partial charge is 0.257 e. The van der Waals surface area contributed by atoms with Gasteiger partial charge >= 0.3 is 0 Å². The van der Waals surface area contributed by atoms with E-state index in [2.05, 4.69) is 15.4 Å². The Morgan fingerprint density at radius 1 is 1.18 bits per heavy atom. The highest BCUT2D eigenvalue weighted by Crippen LogP contribution is 2.15. The number of amides is 2. The maximum Gasteiger partial charge on any atom is 0.257 e. The van der Waals surface area contributed by atoms with Crippen LogP contribution in [-0.2, 0) is 11.3 Å². The van der Waals surface area contributed by atoms with Crippen molar-refractivity contribution >= 4 is 11.8 Å². The molecule has 7 heteroatoms. The second kappa shape index (κ2) is 8.04. The Kier molecular flexibility index (Phi) is 5.14. The van der Waals surface area contributed by atoms with Crippen LogP contribution in [0, 0.1) is 0 Å². The molecular weight excluding hydrogens is 354 g/mol. The van der Waals surface area contributed by atoms with Gasteiger partial charge in [-0.25, -0.2) is 4.68 Å². The van der Waals surface area contributed by atoms with E-state index in [-0.39, 0.29) is 17.9 Å². The van der Waals surface area contributed by atoms with Gasteiger partial charge in [-0.05, 0) is 30.7 Å². The number of nitrogens with one attached hydrogen (secondary N) is 1. The van der Waals surface area contributed by atoms with Crippen molar-refractivity contribution in [1.82, 2.24) is 25.0 Å². The van der Waals surface area contributed by atoms with E-state index in [1.54, 1.807) is 28.2 Å². The summed E-state index contributed by atoms with van der Waals surface area (Å²) in [6, 6.07) is 15.2. The number of pyridine rings is 1. The zero-order valence-electron chi connectivity index (χ0n) is 15.4. The fourth-order valence-corrected chi connectivity index (χ4v) is 3.32. The number of carbonyl (C=O) groups is 2. The summed E-state index contributed by atoms with van der Waals surface area (Å²) in [5.74, 6) is -0.0962. The van der Waals surface area contributed by atoms with E-state index >= 15 is 0 Å². The van der Waals surface area contributed by atoms with Gasteiger partial charge in [0.05, 0.1) is 29.7 Å². The number of carbonyl (C=O) groups excluding carboxylic acids is 2. The first kappa shape index (κ1) is 17.9. The van der Waals surface area contributed by atoms with Gasteiger partial charge in [0.25, 0.3) is 5.91 Å². The SMILES string of the molecule is O=C1CC[C@@H](CN(Cc2ccccn2)C(=O)c2cnn(-c3ccccc3)c2)N1. The number of aromatic nitrogens is 3. The van der Waals surface area contributed by atoms with Crippen molar-refractivity contribution < 1.29 is 9.59 Å². The lowest BCUT2D eigenvalue weighted by atomic mass is 10.2. The lowest BCUT2D eigenvalue weighted by Crippen LogP contribution is -2.41. The van der Waals surface area contributed by atoms with Crippen LogP contribution in [0.25, 0.3) is 5.69 Å². The third kappa shape index (κ3) is 4.09. The van der Waals surface area contributed by atoms with Gasteiger partial charge in [0.1, 0.15) is 0 Å². The lowest BCUT2D eigenvalue weighted by Gasteiger charge is -2.25. The summed E-state index contributed by atoms with van der Waals surface area (Å²) in [5, 5.41) is 7.26. The van der Waals surface area contributed by atoms with E-state index in [4.69, 9.17) is 0 Å². The van der Waals surface area contributed by atoms with Crippen LogP contribution in [0.15, 0.2) is 67.1 Å². The molecule has 2 amide bonds. The van der Waals surface area contributed by atoms with Crippen LogP contribution in [0.1, 0.15) is 28.9 Å². The minimum absolute atomic E-state index is 0.0344. The number of hydrogen-bond acceptors (Lipinski definition) is 4. The van der Waals surface area contributed by atoms with Gasteiger partial charge in [-0.1, -0.05) is 24.3 Å². The Bertz CT molecular complexity index is 955. The first-order valence-corrected chi connectivity index (χ1v) is 9.28. The van der Waals surface area contributed by atoms with Gasteiger partial charge in [0.2, 0.25) is 5.91 Å². The molecule has 1 fully saturated rings. The Morgan fingerprint density at radius 2 is 2.00 bits per heavy atom. The van der Waals surface area contributed by atoms with E-state index in [1.807, 2.05) is 48.5 Å². The Hall–Kier alpha value is -3.48. The lowest BCUT2D eigenvalue weighted by molar-refractivity contribution is -0.119. The summed E-state index contributed by atoms with van der Waals surface area (Å²) >= 11 is 0. The maximum absolute atomic E-state index is 13.2. The number of hydrogen-bond donors (Lipinski definition) is 1. The van der Waals surface area contributed by atoms with Crippen LogP contribution in [0.5, 0.6) is 0 Å². The van der Waals surface area contributed by atoms with Gasteiger partial charge < -0.3 is 10.2 Å². The molecule has 3 aromatic rings. The molecule has 0 radical (unpaired) electrons. The minimum Gasteiger partial charge on any atom is -0.352 e. The van der Waals surface area contributed by atoms with Crippen LogP contribution >= 0.6 is 0 Å². The van der Waals surface area contributed by atoms with Crippen LogP contribution in [0.3, 0.4) is 0 Å². The normalized spacial score (nSPS) is 16.0. The summed E-state index contributed by atoms with van der Waals surface area (Å²) < 4.78 is 1.68. The first-order chi connectivity index (χ1) is 13.7. The monoisotopic (exact) mass is 375 g/mol. The van der Waals surface area contributed by atoms with Crippen LogP contribution in [0.2, 0.25) is 0 Å². The molecular formula is C21H21N5O2. The molecule has 4 rings (SSSR count). The number of nitrogens with zero attached hydrogens (tertiary/aromatic N) is 4. The molecule has 0 bridgehead atoms. The zero-order chi connectivity index (χ0) is 19.3. The summed E-state index contributed by atoms with van der Waals surface area (Å²) in [5.41, 5.74) is 2.20. The number of para-hydroxylation sites is 1. The maximum atomic E-state index is 13.2. The summed E-state index contributed by atoms with van der Waals surface area (Å²) in [7, 11) is 0. The highest BCUT2D eigenvalue weighted by atomic mass is 16.2. The van der Waals surface area contributed by atoms with Crippen molar-refractivity contribution in [1.29, 1.82) is 0 Å². The summed E-state index contributed by atoms with van der Waals surface area (Å²) in [6.07, 6.45) is 6.25. The minimum atomic E-state index is -0.131. The van der Waals surface area contributed by atoms with Crippen LogP contribution < -0.4 is 5.32 Å². The van der Waals surface area contributed by atoms with Gasteiger partial charge in [0.15, 0.2) is 0 Å². The molecule has 28 heavy (non-hydrogen) atoms. The first-order valence-electron chi connectivity index (χ1n) is 9.28. The quantitative estimate of drug-likeness (QED) is 0.716. The van der Waals surface area contributed by atoms with Crippen molar-refractivity contribution in [3.05, 3.63) is 78.4 Å². The molecule has 0 unspecified atom stereocenters. The topological polar surface area (TPSA) is 80.1 Å². The van der Waals surface area contributed by atoms with Crippen molar-refractivity contribution in [2.24, 2.45) is 0 Å². The second-order valence-electron chi connectivity index (χ2n) is 6.82. The van der Waals surface area contributed by atoms with Crippen LogP contribution in [-0.4, -0.2) is 44.1 Å². The van der Waals surface area contributed by atoms with E-state index in [0.717, 1.165) is 17.8 Å².